The molecule has 8 nitrogen and oxygen atoms in total. The first-order valence-corrected chi connectivity index (χ1v) is 9.61. The highest BCUT2D eigenvalue weighted by Crippen LogP contribution is 2.25. The van der Waals surface area contributed by atoms with E-state index in [1.807, 2.05) is 46.8 Å². The number of piperidine rings is 1. The maximum atomic E-state index is 12.2. The first-order valence-electron chi connectivity index (χ1n) is 9.61. The van der Waals surface area contributed by atoms with Gasteiger partial charge in [0.05, 0.1) is 6.10 Å². The molecule has 152 valence electrons. The number of pyridine rings is 1. The molecule has 0 saturated carbocycles. The normalized spacial score (nSPS) is 16.8. The van der Waals surface area contributed by atoms with Crippen molar-refractivity contribution in [1.29, 1.82) is 0 Å². The highest BCUT2D eigenvalue weighted by Gasteiger charge is 2.29. The average molecular weight is 388 g/mol. The number of aryl methyl sites for hydroxylation is 1. The maximum Gasteiger partial charge on any atom is 0.410 e. The van der Waals surface area contributed by atoms with E-state index in [1.165, 1.54) is 0 Å². The van der Waals surface area contributed by atoms with Gasteiger partial charge in [0.1, 0.15) is 11.7 Å². The molecule has 0 aliphatic carbocycles. The van der Waals surface area contributed by atoms with Crippen LogP contribution in [0.1, 0.15) is 58.2 Å². The van der Waals surface area contributed by atoms with Crippen molar-refractivity contribution in [3.63, 3.8) is 0 Å². The molecule has 8 heteroatoms. The number of likely N-dealkylation sites (tertiary alicyclic amines) is 1. The van der Waals surface area contributed by atoms with Crippen molar-refractivity contribution in [2.75, 3.05) is 13.1 Å². The van der Waals surface area contributed by atoms with Gasteiger partial charge in [-0.1, -0.05) is 5.16 Å². The van der Waals surface area contributed by atoms with Crippen LogP contribution in [0.15, 0.2) is 22.9 Å². The fourth-order valence-electron chi connectivity index (χ4n) is 3.05. The van der Waals surface area contributed by atoms with E-state index < -0.39 is 5.60 Å². The molecule has 0 bridgehead atoms. The molecule has 0 unspecified atom stereocenters. The zero-order chi connectivity index (χ0) is 20.3. The fraction of sp³-hybridized carbons (Fsp3) is 0.600. The minimum absolute atomic E-state index is 0.0345. The maximum absolute atomic E-state index is 12.2. The zero-order valence-electron chi connectivity index (χ0n) is 17.1. The number of hydrogen-bond donors (Lipinski definition) is 0. The van der Waals surface area contributed by atoms with Crippen molar-refractivity contribution in [2.45, 2.75) is 65.3 Å². The third kappa shape index (κ3) is 5.28. The van der Waals surface area contributed by atoms with Gasteiger partial charge in [0.25, 0.3) is 5.89 Å². The molecule has 1 fully saturated rings. The van der Waals surface area contributed by atoms with Crippen LogP contribution in [0.25, 0.3) is 11.4 Å². The van der Waals surface area contributed by atoms with Crippen LogP contribution in [0.2, 0.25) is 0 Å². The molecule has 1 saturated heterocycles. The van der Waals surface area contributed by atoms with Crippen molar-refractivity contribution < 1.29 is 18.8 Å². The SMILES string of the molecule is Cc1cc(-c2noc([C@@H](C)OC3CCN(C(=O)OC(C)(C)C)CC3)n2)ccn1. The van der Waals surface area contributed by atoms with Crippen LogP contribution >= 0.6 is 0 Å². The van der Waals surface area contributed by atoms with Crippen molar-refractivity contribution >= 4 is 6.09 Å². The first-order chi connectivity index (χ1) is 13.2. The summed E-state index contributed by atoms with van der Waals surface area (Å²) in [5.41, 5.74) is 1.27. The Hall–Kier alpha value is -2.48. The van der Waals surface area contributed by atoms with Crippen LogP contribution < -0.4 is 0 Å². The quantitative estimate of drug-likeness (QED) is 0.784. The lowest BCUT2D eigenvalue weighted by molar-refractivity contribution is -0.0509. The molecule has 1 aliphatic rings. The highest BCUT2D eigenvalue weighted by molar-refractivity contribution is 5.68. The first kappa shape index (κ1) is 20.3. The van der Waals surface area contributed by atoms with Gasteiger partial charge in [-0.3, -0.25) is 4.98 Å². The predicted octanol–water partition coefficient (Wildman–Crippen LogP) is 3.92. The second kappa shape index (κ2) is 8.26. The van der Waals surface area contributed by atoms with Crippen LogP contribution in [0, 0.1) is 6.92 Å². The summed E-state index contributed by atoms with van der Waals surface area (Å²) in [6.07, 6.45) is 2.66. The zero-order valence-corrected chi connectivity index (χ0v) is 17.1. The number of rotatable bonds is 4. The lowest BCUT2D eigenvalue weighted by Gasteiger charge is -2.34. The van der Waals surface area contributed by atoms with Gasteiger partial charge in [-0.25, -0.2) is 4.79 Å². The molecule has 0 radical (unpaired) electrons. The van der Waals surface area contributed by atoms with Crippen LogP contribution in [-0.4, -0.2) is 50.9 Å². The lowest BCUT2D eigenvalue weighted by Crippen LogP contribution is -2.43. The third-order valence-electron chi connectivity index (χ3n) is 4.43. The molecule has 3 rings (SSSR count). The third-order valence-corrected chi connectivity index (χ3v) is 4.43. The lowest BCUT2D eigenvalue weighted by atomic mass is 10.1. The molecule has 0 aromatic carbocycles. The molecule has 0 N–H and O–H groups in total. The monoisotopic (exact) mass is 388 g/mol. The highest BCUT2D eigenvalue weighted by atomic mass is 16.6. The van der Waals surface area contributed by atoms with Gasteiger partial charge in [0.2, 0.25) is 5.82 Å². The van der Waals surface area contributed by atoms with Gasteiger partial charge in [-0.05, 0) is 59.6 Å². The smallest absolute Gasteiger partial charge is 0.410 e. The van der Waals surface area contributed by atoms with Gasteiger partial charge >= 0.3 is 6.09 Å². The molecule has 28 heavy (non-hydrogen) atoms. The number of amides is 1. The minimum atomic E-state index is -0.484. The Balaban J connectivity index is 1.52. The number of carbonyl (C=O) groups is 1. The molecule has 0 spiro atoms. The van der Waals surface area contributed by atoms with E-state index >= 15 is 0 Å². The van der Waals surface area contributed by atoms with E-state index in [4.69, 9.17) is 14.0 Å². The Morgan fingerprint density at radius 3 is 2.68 bits per heavy atom. The molecule has 1 aliphatic heterocycles. The fourth-order valence-corrected chi connectivity index (χ4v) is 3.05. The summed E-state index contributed by atoms with van der Waals surface area (Å²) in [5, 5.41) is 4.05. The molecule has 3 heterocycles. The molecule has 1 amide bonds. The van der Waals surface area contributed by atoms with Crippen molar-refractivity contribution in [3.8, 4) is 11.4 Å². The van der Waals surface area contributed by atoms with Crippen LogP contribution in [0.4, 0.5) is 4.79 Å². The number of hydrogen-bond acceptors (Lipinski definition) is 7. The van der Waals surface area contributed by atoms with E-state index in [0.717, 1.165) is 24.1 Å². The number of aromatic nitrogens is 3. The Labute approximate surface area is 165 Å². The summed E-state index contributed by atoms with van der Waals surface area (Å²) in [6.45, 7) is 10.6. The predicted molar refractivity (Wildman–Crippen MR) is 103 cm³/mol. The Bertz CT molecular complexity index is 807. The topological polar surface area (TPSA) is 90.6 Å². The van der Waals surface area contributed by atoms with Gasteiger partial charge < -0.3 is 18.9 Å². The van der Waals surface area contributed by atoms with E-state index in [-0.39, 0.29) is 18.3 Å². The van der Waals surface area contributed by atoms with Gasteiger partial charge in [-0.15, -0.1) is 0 Å². The van der Waals surface area contributed by atoms with E-state index in [2.05, 4.69) is 15.1 Å². The summed E-state index contributed by atoms with van der Waals surface area (Å²) in [5.74, 6) is 0.967. The van der Waals surface area contributed by atoms with Crippen molar-refractivity contribution in [1.82, 2.24) is 20.0 Å². The Kier molecular flexibility index (Phi) is 5.98. The molecular weight excluding hydrogens is 360 g/mol. The van der Waals surface area contributed by atoms with Gasteiger partial charge in [-0.2, -0.15) is 4.98 Å². The molecule has 2 aromatic heterocycles. The summed E-state index contributed by atoms with van der Waals surface area (Å²) in [7, 11) is 0. The van der Waals surface area contributed by atoms with Gasteiger partial charge in [0, 0.05) is 30.5 Å². The Morgan fingerprint density at radius 2 is 2.04 bits per heavy atom. The van der Waals surface area contributed by atoms with E-state index in [1.54, 1.807) is 11.1 Å². The van der Waals surface area contributed by atoms with Crippen molar-refractivity contribution in [3.05, 3.63) is 29.9 Å². The number of carbonyl (C=O) groups excluding carboxylic acids is 1. The second-order valence-electron chi connectivity index (χ2n) is 8.09. The van der Waals surface area contributed by atoms with E-state index in [0.29, 0.717) is 24.8 Å². The van der Waals surface area contributed by atoms with Crippen LogP contribution in [0.3, 0.4) is 0 Å². The number of nitrogens with zero attached hydrogens (tertiary/aromatic N) is 4. The summed E-state index contributed by atoms with van der Waals surface area (Å²) < 4.78 is 16.9. The Morgan fingerprint density at radius 1 is 1.32 bits per heavy atom. The summed E-state index contributed by atoms with van der Waals surface area (Å²) >= 11 is 0. The van der Waals surface area contributed by atoms with Crippen molar-refractivity contribution in [2.24, 2.45) is 0 Å². The largest absolute Gasteiger partial charge is 0.444 e. The molecule has 1 atom stereocenters. The molecule has 2 aromatic rings. The number of ether oxygens (including phenoxy) is 2. The summed E-state index contributed by atoms with van der Waals surface area (Å²) in [6, 6.07) is 3.76. The summed E-state index contributed by atoms with van der Waals surface area (Å²) in [4.78, 5) is 22.5. The minimum Gasteiger partial charge on any atom is -0.444 e. The van der Waals surface area contributed by atoms with Crippen LogP contribution in [0.5, 0.6) is 0 Å². The molecular formula is C20H28N4O4. The second-order valence-corrected chi connectivity index (χ2v) is 8.09. The van der Waals surface area contributed by atoms with Gasteiger partial charge in [0.15, 0.2) is 0 Å². The van der Waals surface area contributed by atoms with E-state index in [9.17, 15) is 4.79 Å². The average Bonchev–Trinajstić information content (AvgIpc) is 3.11. The van der Waals surface area contributed by atoms with Crippen LogP contribution in [-0.2, 0) is 9.47 Å². The standard InChI is InChI=1S/C20H28N4O4/c1-13-12-15(6-9-21-13)17-22-18(28-23-17)14(2)26-16-7-10-24(11-8-16)19(25)27-20(3,4)5/h6,9,12,14,16H,7-8,10-11H2,1-5H3/t14-/m1/s1.